The van der Waals surface area contributed by atoms with Crippen molar-refractivity contribution >= 4 is 17.3 Å². The maximum Gasteiger partial charge on any atom is 0.272 e. The minimum Gasteiger partial charge on any atom is -0.372 e. The Labute approximate surface area is 116 Å². The van der Waals surface area contributed by atoms with Gasteiger partial charge in [-0.15, -0.1) is 0 Å². The first kappa shape index (κ1) is 15.9. The number of benzene rings is 1. The quantitative estimate of drug-likeness (QED) is 0.642. The van der Waals surface area contributed by atoms with Gasteiger partial charge in [-0.3, -0.25) is 14.9 Å². The Hall–Kier alpha value is -2.18. The molecule has 1 amide bonds. The number of nitro groups is 1. The highest BCUT2D eigenvalue weighted by molar-refractivity contribution is 5.84. The number of nitrogens with zero attached hydrogens (tertiary/aromatic N) is 2. The molecule has 1 aromatic rings. The van der Waals surface area contributed by atoms with Crippen LogP contribution >= 0.6 is 0 Å². The predicted octanol–water partition coefficient (Wildman–Crippen LogP) is 2.40. The van der Waals surface area contributed by atoms with Gasteiger partial charge in [-0.05, 0) is 26.8 Å². The van der Waals surface area contributed by atoms with Gasteiger partial charge in [-0.2, -0.15) is 0 Å². The van der Waals surface area contributed by atoms with Gasteiger partial charge in [-0.25, -0.2) is 4.39 Å². The molecule has 0 saturated carbocycles. The number of hydrogen-bond acceptors (Lipinski definition) is 4. The van der Waals surface area contributed by atoms with Gasteiger partial charge < -0.3 is 10.2 Å². The lowest BCUT2D eigenvalue weighted by atomic mass is 10.2. The van der Waals surface area contributed by atoms with Crippen molar-refractivity contribution in [3.63, 3.8) is 0 Å². The van der Waals surface area contributed by atoms with Crippen molar-refractivity contribution in [2.75, 3.05) is 18.4 Å². The number of hydrogen-bond donors (Lipinski definition) is 1. The van der Waals surface area contributed by atoms with E-state index in [0.29, 0.717) is 13.1 Å². The summed E-state index contributed by atoms with van der Waals surface area (Å²) in [6.45, 7) is 6.50. The lowest BCUT2D eigenvalue weighted by molar-refractivity contribution is -0.385. The Morgan fingerprint density at radius 2 is 2.05 bits per heavy atom. The van der Waals surface area contributed by atoms with Gasteiger partial charge >= 0.3 is 0 Å². The first-order valence-corrected chi connectivity index (χ1v) is 6.39. The number of halogens is 1. The van der Waals surface area contributed by atoms with E-state index in [0.717, 1.165) is 6.07 Å². The molecule has 1 atom stereocenters. The van der Waals surface area contributed by atoms with Gasteiger partial charge in [0.2, 0.25) is 5.91 Å². The van der Waals surface area contributed by atoms with Crippen molar-refractivity contribution in [2.45, 2.75) is 26.8 Å². The lowest BCUT2D eigenvalue weighted by Crippen LogP contribution is -2.41. The first-order chi connectivity index (χ1) is 9.40. The third kappa shape index (κ3) is 3.66. The predicted molar refractivity (Wildman–Crippen MR) is 74.1 cm³/mol. The minimum atomic E-state index is -0.751. The van der Waals surface area contributed by atoms with Crippen LogP contribution in [0.25, 0.3) is 0 Å². The Kier molecular flexibility index (Phi) is 5.42. The van der Waals surface area contributed by atoms with E-state index in [9.17, 15) is 19.3 Å². The normalized spacial score (nSPS) is 11.8. The lowest BCUT2D eigenvalue weighted by Gasteiger charge is -2.24. The number of carbonyl (C=O) groups excluding carboxylic acids is 1. The first-order valence-electron chi connectivity index (χ1n) is 6.39. The van der Waals surface area contributed by atoms with E-state index in [1.54, 1.807) is 11.8 Å². The molecular formula is C13H18FN3O3. The van der Waals surface area contributed by atoms with Crippen LogP contribution in [-0.4, -0.2) is 34.9 Å². The summed E-state index contributed by atoms with van der Waals surface area (Å²) in [6.07, 6.45) is 0. The zero-order valence-electron chi connectivity index (χ0n) is 11.7. The van der Waals surface area contributed by atoms with Crippen LogP contribution in [0.5, 0.6) is 0 Å². The van der Waals surface area contributed by atoms with E-state index in [1.807, 2.05) is 13.8 Å². The molecule has 0 spiro atoms. The van der Waals surface area contributed by atoms with Crippen molar-refractivity contribution in [2.24, 2.45) is 0 Å². The average molecular weight is 283 g/mol. The number of nitro benzene ring substituents is 1. The number of anilines is 1. The molecule has 0 saturated heterocycles. The Balaban J connectivity index is 2.83. The fourth-order valence-corrected chi connectivity index (χ4v) is 1.84. The van der Waals surface area contributed by atoms with Crippen LogP contribution in [0, 0.1) is 15.9 Å². The highest BCUT2D eigenvalue weighted by Gasteiger charge is 2.19. The zero-order chi connectivity index (χ0) is 15.3. The topological polar surface area (TPSA) is 75.5 Å². The molecule has 0 radical (unpaired) electrons. The molecule has 1 aromatic carbocycles. The summed E-state index contributed by atoms with van der Waals surface area (Å²) >= 11 is 0. The second kappa shape index (κ2) is 6.83. The molecule has 1 rings (SSSR count). The van der Waals surface area contributed by atoms with Crippen molar-refractivity contribution in [3.05, 3.63) is 34.1 Å². The summed E-state index contributed by atoms with van der Waals surface area (Å²) < 4.78 is 13.7. The third-order valence-electron chi connectivity index (χ3n) is 2.98. The minimum absolute atomic E-state index is 0.0728. The molecular weight excluding hydrogens is 265 g/mol. The molecule has 0 aromatic heterocycles. The van der Waals surface area contributed by atoms with E-state index in [-0.39, 0.29) is 17.3 Å². The maximum absolute atomic E-state index is 13.7. The highest BCUT2D eigenvalue weighted by atomic mass is 19.1. The van der Waals surface area contributed by atoms with Crippen LogP contribution in [0.3, 0.4) is 0 Å². The van der Waals surface area contributed by atoms with Gasteiger partial charge in [0, 0.05) is 19.2 Å². The number of non-ortho nitro benzene ring substituents is 1. The fraction of sp³-hybridized carbons (Fsp3) is 0.462. The smallest absolute Gasteiger partial charge is 0.272 e. The summed E-state index contributed by atoms with van der Waals surface area (Å²) in [5.41, 5.74) is -0.251. The summed E-state index contributed by atoms with van der Waals surface area (Å²) in [6, 6.07) is 2.68. The summed E-state index contributed by atoms with van der Waals surface area (Å²) in [4.78, 5) is 23.5. The average Bonchev–Trinajstić information content (AvgIpc) is 2.41. The molecule has 0 aliphatic rings. The van der Waals surface area contributed by atoms with E-state index >= 15 is 0 Å². The maximum atomic E-state index is 13.7. The number of likely N-dealkylation sites (N-methyl/N-ethyl adjacent to an activating group) is 1. The summed E-state index contributed by atoms with van der Waals surface area (Å²) in [5.74, 6) is -0.897. The molecule has 0 bridgehead atoms. The number of rotatable bonds is 6. The molecule has 1 unspecified atom stereocenters. The van der Waals surface area contributed by atoms with E-state index in [2.05, 4.69) is 5.32 Å². The molecule has 7 heteroatoms. The van der Waals surface area contributed by atoms with E-state index < -0.39 is 16.8 Å². The van der Waals surface area contributed by atoms with Gasteiger partial charge in [0.25, 0.3) is 5.69 Å². The third-order valence-corrected chi connectivity index (χ3v) is 2.98. The van der Waals surface area contributed by atoms with Crippen LogP contribution < -0.4 is 5.32 Å². The molecule has 6 nitrogen and oxygen atoms in total. The second-order valence-electron chi connectivity index (χ2n) is 4.30. The number of carbonyl (C=O) groups is 1. The van der Waals surface area contributed by atoms with Crippen LogP contribution in [0.1, 0.15) is 20.8 Å². The molecule has 0 heterocycles. The Bertz CT molecular complexity index is 504. The molecule has 1 N–H and O–H groups in total. The Morgan fingerprint density at radius 1 is 1.45 bits per heavy atom. The van der Waals surface area contributed by atoms with E-state index in [1.165, 1.54) is 12.1 Å². The van der Waals surface area contributed by atoms with Crippen molar-refractivity contribution in [1.29, 1.82) is 0 Å². The summed E-state index contributed by atoms with van der Waals surface area (Å²) in [5, 5.41) is 13.3. The number of nitrogens with one attached hydrogen (secondary N) is 1. The van der Waals surface area contributed by atoms with Crippen LogP contribution in [0.2, 0.25) is 0 Å². The fourth-order valence-electron chi connectivity index (χ4n) is 1.84. The van der Waals surface area contributed by atoms with Crippen molar-refractivity contribution < 1.29 is 14.1 Å². The largest absolute Gasteiger partial charge is 0.372 e. The molecule has 0 aliphatic carbocycles. The monoisotopic (exact) mass is 283 g/mol. The van der Waals surface area contributed by atoms with Crippen LogP contribution in [-0.2, 0) is 4.79 Å². The molecule has 20 heavy (non-hydrogen) atoms. The highest BCUT2D eigenvalue weighted by Crippen LogP contribution is 2.21. The Morgan fingerprint density at radius 3 is 2.50 bits per heavy atom. The van der Waals surface area contributed by atoms with Gasteiger partial charge in [0.15, 0.2) is 5.82 Å². The van der Waals surface area contributed by atoms with Gasteiger partial charge in [-0.1, -0.05) is 0 Å². The molecule has 110 valence electrons. The molecule has 0 fully saturated rings. The number of amides is 1. The van der Waals surface area contributed by atoms with Crippen LogP contribution in [0.15, 0.2) is 18.2 Å². The zero-order valence-corrected chi connectivity index (χ0v) is 11.7. The summed E-state index contributed by atoms with van der Waals surface area (Å²) in [7, 11) is 0. The standard InChI is InChI=1S/C13H18FN3O3/c1-4-16(5-2)13(18)9(3)15-12-7-6-10(17(19)20)8-11(12)14/h6-9,15H,4-5H2,1-3H3. The van der Waals surface area contributed by atoms with E-state index in [4.69, 9.17) is 0 Å². The van der Waals surface area contributed by atoms with Crippen molar-refractivity contribution in [3.8, 4) is 0 Å². The van der Waals surface area contributed by atoms with Crippen LogP contribution in [0.4, 0.5) is 15.8 Å². The SMILES string of the molecule is CCN(CC)C(=O)C(C)Nc1ccc([N+](=O)[O-])cc1F. The molecule has 0 aliphatic heterocycles. The van der Waals surface area contributed by atoms with Gasteiger partial charge in [0.05, 0.1) is 16.7 Å². The van der Waals surface area contributed by atoms with Crippen molar-refractivity contribution in [1.82, 2.24) is 4.90 Å². The second-order valence-corrected chi connectivity index (χ2v) is 4.30. The van der Waals surface area contributed by atoms with Gasteiger partial charge in [0.1, 0.15) is 6.04 Å².